The van der Waals surface area contributed by atoms with Crippen LogP contribution in [0.2, 0.25) is 0 Å². The van der Waals surface area contributed by atoms with Crippen LogP contribution in [0.4, 0.5) is 11.4 Å². The summed E-state index contributed by atoms with van der Waals surface area (Å²) in [6, 6.07) is 11.4. The summed E-state index contributed by atoms with van der Waals surface area (Å²) < 4.78 is 15.5. The lowest BCUT2D eigenvalue weighted by Gasteiger charge is -2.14. The molecule has 154 valence electrons. The van der Waals surface area contributed by atoms with Crippen LogP contribution in [0.25, 0.3) is 0 Å². The molecule has 0 radical (unpaired) electrons. The molecule has 0 aliphatic rings. The Morgan fingerprint density at radius 1 is 1.21 bits per heavy atom. The summed E-state index contributed by atoms with van der Waals surface area (Å²) >= 11 is 0. The lowest BCUT2D eigenvalue weighted by atomic mass is 10.2. The molecule has 1 atom stereocenters. The number of para-hydroxylation sites is 1. The number of anilines is 1. The molecule has 9 heteroatoms. The number of ether oxygens (including phenoxy) is 3. The summed E-state index contributed by atoms with van der Waals surface area (Å²) in [5.74, 6) is -0.363. The minimum Gasteiger partial charge on any atom is -0.496 e. The molecule has 0 aromatic heterocycles. The predicted octanol–water partition coefficient (Wildman–Crippen LogP) is 3.25. The Kier molecular flexibility index (Phi) is 7.53. The number of benzene rings is 2. The van der Waals surface area contributed by atoms with Gasteiger partial charge in [0, 0.05) is 0 Å². The molecule has 0 bridgehead atoms. The van der Waals surface area contributed by atoms with E-state index in [0.29, 0.717) is 5.75 Å². The van der Waals surface area contributed by atoms with Gasteiger partial charge in [0.25, 0.3) is 11.6 Å². The van der Waals surface area contributed by atoms with Gasteiger partial charge < -0.3 is 19.5 Å². The van der Waals surface area contributed by atoms with Crippen molar-refractivity contribution >= 4 is 23.3 Å². The number of carbonyl (C=O) groups excluding carboxylic acids is 2. The molecular weight excluding hydrogens is 380 g/mol. The Balaban J connectivity index is 1.88. The van der Waals surface area contributed by atoms with Gasteiger partial charge in [0.05, 0.1) is 31.1 Å². The predicted molar refractivity (Wildman–Crippen MR) is 105 cm³/mol. The van der Waals surface area contributed by atoms with Gasteiger partial charge in [-0.25, -0.2) is 0 Å². The monoisotopic (exact) mass is 402 g/mol. The van der Waals surface area contributed by atoms with Crippen LogP contribution >= 0.6 is 0 Å². The third kappa shape index (κ3) is 6.20. The molecule has 0 saturated carbocycles. The van der Waals surface area contributed by atoms with Crippen LogP contribution in [0, 0.1) is 17.0 Å². The molecule has 1 N–H and O–H groups in total. The minimum atomic E-state index is -1.14. The Hall–Kier alpha value is -3.62. The van der Waals surface area contributed by atoms with E-state index in [-0.39, 0.29) is 30.2 Å². The molecule has 2 aromatic carbocycles. The summed E-state index contributed by atoms with van der Waals surface area (Å²) in [6.07, 6.45) is -1.18. The number of methoxy groups -OCH3 is 1. The average Bonchev–Trinajstić information content (AvgIpc) is 2.69. The Labute approximate surface area is 167 Å². The Morgan fingerprint density at radius 2 is 1.93 bits per heavy atom. The number of esters is 1. The number of amides is 1. The maximum atomic E-state index is 12.2. The molecule has 0 fully saturated rings. The van der Waals surface area contributed by atoms with Crippen molar-refractivity contribution < 1.29 is 28.7 Å². The van der Waals surface area contributed by atoms with E-state index < -0.39 is 22.9 Å². The quantitative estimate of drug-likeness (QED) is 0.389. The van der Waals surface area contributed by atoms with Gasteiger partial charge in [-0.2, -0.15) is 0 Å². The number of rotatable bonds is 9. The molecule has 0 spiro atoms. The van der Waals surface area contributed by atoms with E-state index in [1.165, 1.54) is 32.2 Å². The first-order chi connectivity index (χ1) is 13.8. The van der Waals surface area contributed by atoms with Crippen LogP contribution in [-0.2, 0) is 14.3 Å². The lowest BCUT2D eigenvalue weighted by Crippen LogP contribution is -2.30. The van der Waals surface area contributed by atoms with Crippen molar-refractivity contribution in [1.29, 1.82) is 0 Å². The van der Waals surface area contributed by atoms with Crippen LogP contribution in [0.1, 0.15) is 18.9 Å². The zero-order valence-corrected chi connectivity index (χ0v) is 16.3. The summed E-state index contributed by atoms with van der Waals surface area (Å²) in [6.45, 7) is 3.37. The summed E-state index contributed by atoms with van der Waals surface area (Å²) in [5, 5.41) is 13.6. The first kappa shape index (κ1) is 21.7. The van der Waals surface area contributed by atoms with Gasteiger partial charge in [-0.05, 0) is 37.6 Å². The standard InChI is InChI=1S/C20H22N2O7/c1-13-6-4-5-7-18(13)28-11-10-19(23)29-14(2)20(24)21-16-9-8-15(27-3)12-17(16)22(25)26/h4-9,12,14H,10-11H2,1-3H3,(H,21,24)/t14-/m1/s1. The summed E-state index contributed by atoms with van der Waals surface area (Å²) in [4.78, 5) is 34.7. The normalized spacial score (nSPS) is 11.3. The van der Waals surface area contributed by atoms with E-state index >= 15 is 0 Å². The zero-order chi connectivity index (χ0) is 21.4. The third-order valence-corrected chi connectivity index (χ3v) is 3.99. The van der Waals surface area contributed by atoms with Gasteiger partial charge in [-0.3, -0.25) is 19.7 Å². The number of nitro groups is 1. The van der Waals surface area contributed by atoms with E-state index in [2.05, 4.69) is 5.32 Å². The topological polar surface area (TPSA) is 117 Å². The molecule has 9 nitrogen and oxygen atoms in total. The van der Waals surface area contributed by atoms with Crippen LogP contribution in [-0.4, -0.2) is 36.6 Å². The first-order valence-electron chi connectivity index (χ1n) is 8.83. The average molecular weight is 402 g/mol. The maximum Gasteiger partial charge on any atom is 0.310 e. The highest BCUT2D eigenvalue weighted by Crippen LogP contribution is 2.29. The van der Waals surface area contributed by atoms with Gasteiger partial charge >= 0.3 is 5.97 Å². The van der Waals surface area contributed by atoms with Crippen LogP contribution in [0.5, 0.6) is 11.5 Å². The SMILES string of the molecule is COc1ccc(NC(=O)[C@@H](C)OC(=O)CCOc2ccccc2C)c([N+](=O)[O-])c1. The molecule has 2 rings (SSSR count). The lowest BCUT2D eigenvalue weighted by molar-refractivity contribution is -0.384. The van der Waals surface area contributed by atoms with Crippen molar-refractivity contribution in [3.05, 3.63) is 58.1 Å². The molecule has 0 heterocycles. The molecule has 2 aromatic rings. The van der Waals surface area contributed by atoms with Crippen molar-refractivity contribution in [1.82, 2.24) is 0 Å². The van der Waals surface area contributed by atoms with E-state index in [1.54, 1.807) is 6.07 Å². The van der Waals surface area contributed by atoms with E-state index in [9.17, 15) is 19.7 Å². The van der Waals surface area contributed by atoms with Crippen LogP contribution in [0.15, 0.2) is 42.5 Å². The second kappa shape index (κ2) is 10.1. The second-order valence-corrected chi connectivity index (χ2v) is 6.13. The Bertz CT molecular complexity index is 898. The number of nitro benzene ring substituents is 1. The number of aryl methyl sites for hydroxylation is 1. The molecule has 0 aliphatic heterocycles. The molecular formula is C20H22N2O7. The molecule has 0 aliphatic carbocycles. The highest BCUT2D eigenvalue weighted by atomic mass is 16.6. The third-order valence-electron chi connectivity index (χ3n) is 3.99. The van der Waals surface area contributed by atoms with Gasteiger partial charge in [0.2, 0.25) is 0 Å². The van der Waals surface area contributed by atoms with Gasteiger partial charge in [-0.15, -0.1) is 0 Å². The van der Waals surface area contributed by atoms with Crippen molar-refractivity contribution in [2.75, 3.05) is 19.0 Å². The molecule has 0 unspecified atom stereocenters. The fourth-order valence-corrected chi connectivity index (χ4v) is 2.40. The summed E-state index contributed by atoms with van der Waals surface area (Å²) in [5.41, 5.74) is 0.587. The summed E-state index contributed by atoms with van der Waals surface area (Å²) in [7, 11) is 1.38. The second-order valence-electron chi connectivity index (χ2n) is 6.13. The number of nitrogens with zero attached hydrogens (tertiary/aromatic N) is 1. The molecule has 29 heavy (non-hydrogen) atoms. The number of carbonyl (C=O) groups is 2. The van der Waals surface area contributed by atoms with Gasteiger partial charge in [0.1, 0.15) is 17.2 Å². The number of nitrogens with one attached hydrogen (secondary N) is 1. The maximum absolute atomic E-state index is 12.2. The smallest absolute Gasteiger partial charge is 0.310 e. The van der Waals surface area contributed by atoms with Crippen molar-refractivity contribution in [2.24, 2.45) is 0 Å². The van der Waals surface area contributed by atoms with E-state index in [1.807, 2.05) is 25.1 Å². The number of hydrogen-bond donors (Lipinski definition) is 1. The number of hydrogen-bond acceptors (Lipinski definition) is 7. The fraction of sp³-hybridized carbons (Fsp3) is 0.300. The minimum absolute atomic E-state index is 0.0217. The van der Waals surface area contributed by atoms with Crippen LogP contribution in [0.3, 0.4) is 0 Å². The highest BCUT2D eigenvalue weighted by molar-refractivity contribution is 5.97. The first-order valence-corrected chi connectivity index (χ1v) is 8.83. The van der Waals surface area contributed by atoms with E-state index in [0.717, 1.165) is 5.56 Å². The zero-order valence-electron chi connectivity index (χ0n) is 16.3. The highest BCUT2D eigenvalue weighted by Gasteiger charge is 2.22. The fourth-order valence-electron chi connectivity index (χ4n) is 2.40. The van der Waals surface area contributed by atoms with E-state index in [4.69, 9.17) is 14.2 Å². The van der Waals surface area contributed by atoms with Crippen molar-refractivity contribution in [2.45, 2.75) is 26.4 Å². The molecule has 0 saturated heterocycles. The molecule has 1 amide bonds. The van der Waals surface area contributed by atoms with Crippen LogP contribution < -0.4 is 14.8 Å². The Morgan fingerprint density at radius 3 is 2.59 bits per heavy atom. The largest absolute Gasteiger partial charge is 0.496 e. The van der Waals surface area contributed by atoms with Crippen molar-refractivity contribution in [3.8, 4) is 11.5 Å². The van der Waals surface area contributed by atoms with Gasteiger partial charge in [0.15, 0.2) is 6.10 Å². The van der Waals surface area contributed by atoms with Crippen molar-refractivity contribution in [3.63, 3.8) is 0 Å². The van der Waals surface area contributed by atoms with Gasteiger partial charge in [-0.1, -0.05) is 18.2 Å².